The van der Waals surface area contributed by atoms with E-state index in [1.165, 1.54) is 0 Å². The second-order valence-electron chi connectivity index (χ2n) is 3.59. The Balaban J connectivity index is 2.17. The van der Waals surface area contributed by atoms with Crippen molar-refractivity contribution in [3.05, 3.63) is 58.4 Å². The number of thiophene rings is 1. The highest BCUT2D eigenvalue weighted by Gasteiger charge is 2.09. The summed E-state index contributed by atoms with van der Waals surface area (Å²) in [6, 6.07) is 11.8. The largest absolute Gasteiger partial charge is 0.232 e. The van der Waals surface area contributed by atoms with Crippen LogP contribution >= 0.6 is 22.9 Å². The summed E-state index contributed by atoms with van der Waals surface area (Å²) in [5, 5.41) is 9.20. The molecule has 0 amide bonds. The van der Waals surface area contributed by atoms with Crippen molar-refractivity contribution in [3.63, 3.8) is 0 Å². The van der Waals surface area contributed by atoms with Crippen molar-refractivity contribution in [2.75, 3.05) is 0 Å². The van der Waals surface area contributed by atoms with Gasteiger partial charge in [-0.2, -0.15) is 16.4 Å². The smallest absolute Gasteiger partial charge is 0.0839 e. The number of rotatable bonds is 2. The lowest BCUT2D eigenvalue weighted by atomic mass is 10.2. The first-order valence-corrected chi connectivity index (χ1v) is 6.50. The van der Waals surface area contributed by atoms with E-state index >= 15 is 0 Å². The maximum atomic E-state index is 6.19. The van der Waals surface area contributed by atoms with Crippen LogP contribution in [0, 0.1) is 0 Å². The maximum Gasteiger partial charge on any atom is 0.0839 e. The minimum Gasteiger partial charge on any atom is -0.232 e. The van der Waals surface area contributed by atoms with Gasteiger partial charge in [0.2, 0.25) is 0 Å². The fraction of sp³-hybridized carbons (Fsp3) is 0. The van der Waals surface area contributed by atoms with E-state index in [-0.39, 0.29) is 0 Å². The van der Waals surface area contributed by atoms with Gasteiger partial charge in [0, 0.05) is 10.9 Å². The Labute approximate surface area is 108 Å². The minimum atomic E-state index is 0.702. The first-order valence-electron chi connectivity index (χ1n) is 5.18. The molecule has 2 nitrogen and oxygen atoms in total. The molecule has 3 aromatic rings. The number of benzene rings is 1. The third-order valence-corrected chi connectivity index (χ3v) is 3.54. The highest BCUT2D eigenvalue weighted by Crippen LogP contribution is 2.27. The molecular formula is C13H9ClN2S. The predicted molar refractivity (Wildman–Crippen MR) is 71.9 cm³/mol. The molecule has 0 aliphatic rings. The van der Waals surface area contributed by atoms with Gasteiger partial charge in [-0.15, -0.1) is 0 Å². The Bertz CT molecular complexity index is 628. The molecule has 0 saturated heterocycles. The molecule has 0 bridgehead atoms. The molecule has 0 aliphatic carbocycles. The van der Waals surface area contributed by atoms with Gasteiger partial charge in [-0.05, 0) is 29.6 Å². The lowest BCUT2D eigenvalue weighted by Gasteiger charge is -2.07. The molecule has 0 saturated carbocycles. The van der Waals surface area contributed by atoms with Crippen LogP contribution in [0.3, 0.4) is 0 Å². The van der Waals surface area contributed by atoms with Crippen LogP contribution in [0.4, 0.5) is 0 Å². The van der Waals surface area contributed by atoms with Crippen molar-refractivity contribution in [2.24, 2.45) is 0 Å². The van der Waals surface area contributed by atoms with Crippen molar-refractivity contribution in [1.29, 1.82) is 0 Å². The summed E-state index contributed by atoms with van der Waals surface area (Å²) < 4.78 is 1.87. The molecular weight excluding hydrogens is 252 g/mol. The molecule has 17 heavy (non-hydrogen) atoms. The summed E-state index contributed by atoms with van der Waals surface area (Å²) in [7, 11) is 0. The molecule has 0 unspecified atom stereocenters. The van der Waals surface area contributed by atoms with Crippen molar-refractivity contribution < 1.29 is 0 Å². The van der Waals surface area contributed by atoms with Crippen LogP contribution in [0.15, 0.2) is 53.4 Å². The van der Waals surface area contributed by atoms with Crippen LogP contribution in [0.2, 0.25) is 5.02 Å². The van der Waals surface area contributed by atoms with E-state index in [0.29, 0.717) is 5.02 Å². The van der Waals surface area contributed by atoms with Crippen LogP contribution < -0.4 is 0 Å². The number of hydrogen-bond acceptors (Lipinski definition) is 2. The second kappa shape index (κ2) is 4.35. The van der Waals surface area contributed by atoms with Gasteiger partial charge in [-0.3, -0.25) is 0 Å². The molecule has 0 atom stereocenters. The van der Waals surface area contributed by atoms with Gasteiger partial charge in [-0.1, -0.05) is 23.7 Å². The van der Waals surface area contributed by atoms with Gasteiger partial charge in [0.25, 0.3) is 0 Å². The zero-order valence-electron chi connectivity index (χ0n) is 8.88. The van der Waals surface area contributed by atoms with Crippen molar-refractivity contribution in [1.82, 2.24) is 9.78 Å². The predicted octanol–water partition coefficient (Wildman–Crippen LogP) is 4.25. The van der Waals surface area contributed by atoms with E-state index in [1.54, 1.807) is 17.5 Å². The Kier molecular flexibility index (Phi) is 2.71. The normalized spacial score (nSPS) is 10.6. The van der Waals surface area contributed by atoms with Gasteiger partial charge >= 0.3 is 0 Å². The fourth-order valence-electron chi connectivity index (χ4n) is 1.75. The third kappa shape index (κ3) is 1.88. The van der Waals surface area contributed by atoms with E-state index in [1.807, 2.05) is 35.0 Å². The Morgan fingerprint density at radius 3 is 2.76 bits per heavy atom. The summed E-state index contributed by atoms with van der Waals surface area (Å²) in [5.74, 6) is 0. The van der Waals surface area contributed by atoms with Gasteiger partial charge in [0.15, 0.2) is 0 Å². The maximum absolute atomic E-state index is 6.19. The van der Waals surface area contributed by atoms with Gasteiger partial charge in [-0.25, -0.2) is 4.68 Å². The number of hydrogen-bond donors (Lipinski definition) is 0. The number of nitrogens with zero attached hydrogens (tertiary/aromatic N) is 2. The molecule has 0 aliphatic heterocycles. The first-order chi connectivity index (χ1) is 8.36. The zero-order valence-corrected chi connectivity index (χ0v) is 10.4. The van der Waals surface area contributed by atoms with E-state index < -0.39 is 0 Å². The molecule has 2 aromatic heterocycles. The molecule has 0 spiro atoms. The van der Waals surface area contributed by atoms with E-state index in [0.717, 1.165) is 16.9 Å². The van der Waals surface area contributed by atoms with Gasteiger partial charge < -0.3 is 0 Å². The van der Waals surface area contributed by atoms with E-state index in [2.05, 4.69) is 21.9 Å². The van der Waals surface area contributed by atoms with Crippen LogP contribution in [0.5, 0.6) is 0 Å². The summed E-state index contributed by atoms with van der Waals surface area (Å²) in [4.78, 5) is 0. The topological polar surface area (TPSA) is 17.8 Å². The zero-order chi connectivity index (χ0) is 11.7. The molecule has 84 valence electrons. The lowest BCUT2D eigenvalue weighted by molar-refractivity contribution is 0.888. The number of halogens is 1. The fourth-order valence-corrected chi connectivity index (χ4v) is 2.61. The summed E-state index contributed by atoms with van der Waals surface area (Å²) >= 11 is 7.86. The van der Waals surface area contributed by atoms with Crippen molar-refractivity contribution in [3.8, 4) is 16.9 Å². The average Bonchev–Trinajstić information content (AvgIpc) is 3.00. The highest BCUT2D eigenvalue weighted by atomic mass is 35.5. The second-order valence-corrected chi connectivity index (χ2v) is 4.78. The van der Waals surface area contributed by atoms with Gasteiger partial charge in [0.1, 0.15) is 0 Å². The monoisotopic (exact) mass is 260 g/mol. The Hall–Kier alpha value is -1.58. The highest BCUT2D eigenvalue weighted by molar-refractivity contribution is 7.08. The first kappa shape index (κ1) is 10.6. The van der Waals surface area contributed by atoms with E-state index in [9.17, 15) is 0 Å². The molecule has 3 rings (SSSR count). The Morgan fingerprint density at radius 2 is 2.00 bits per heavy atom. The Morgan fingerprint density at radius 1 is 1.12 bits per heavy atom. The summed E-state index contributed by atoms with van der Waals surface area (Å²) in [6.07, 6.45) is 1.79. The standard InChI is InChI=1S/C13H9ClN2S/c14-11-3-1-2-4-13(11)16-12(5-7-15-16)10-6-8-17-9-10/h1-9H. The van der Waals surface area contributed by atoms with Crippen molar-refractivity contribution >= 4 is 22.9 Å². The molecule has 0 N–H and O–H groups in total. The molecule has 1 aromatic carbocycles. The quantitative estimate of drug-likeness (QED) is 0.673. The molecule has 0 fully saturated rings. The minimum absolute atomic E-state index is 0.702. The van der Waals surface area contributed by atoms with E-state index in [4.69, 9.17) is 11.6 Å². The summed E-state index contributed by atoms with van der Waals surface area (Å²) in [5.41, 5.74) is 3.12. The van der Waals surface area contributed by atoms with Gasteiger partial charge in [0.05, 0.1) is 22.6 Å². The number of para-hydroxylation sites is 1. The van der Waals surface area contributed by atoms with Crippen LogP contribution in [0.1, 0.15) is 0 Å². The van der Waals surface area contributed by atoms with Crippen LogP contribution in [-0.2, 0) is 0 Å². The third-order valence-electron chi connectivity index (χ3n) is 2.54. The molecule has 4 heteroatoms. The number of aromatic nitrogens is 2. The van der Waals surface area contributed by atoms with Crippen LogP contribution in [-0.4, -0.2) is 9.78 Å². The molecule has 2 heterocycles. The summed E-state index contributed by atoms with van der Waals surface area (Å²) in [6.45, 7) is 0. The van der Waals surface area contributed by atoms with Crippen LogP contribution in [0.25, 0.3) is 16.9 Å². The SMILES string of the molecule is Clc1ccccc1-n1nccc1-c1ccsc1. The lowest BCUT2D eigenvalue weighted by Crippen LogP contribution is -1.98. The molecule has 0 radical (unpaired) electrons. The average molecular weight is 261 g/mol. The van der Waals surface area contributed by atoms with Crippen molar-refractivity contribution in [2.45, 2.75) is 0 Å².